The van der Waals surface area contributed by atoms with Crippen molar-refractivity contribution in [3.05, 3.63) is 63.5 Å². The van der Waals surface area contributed by atoms with Crippen molar-refractivity contribution in [3.63, 3.8) is 0 Å². The zero-order chi connectivity index (χ0) is 12.5. The molecule has 0 atom stereocenters. The average Bonchev–Trinajstić information content (AvgIpc) is 2.87. The lowest BCUT2D eigenvalue weighted by atomic mass is 10.2. The fraction of sp³-hybridized carbons (Fsp3) is 0.0769. The Balaban J connectivity index is 2.23. The van der Waals surface area contributed by atoms with Gasteiger partial charge in [0.15, 0.2) is 4.77 Å². The Morgan fingerprint density at radius 3 is 2.83 bits per heavy atom. The van der Waals surface area contributed by atoms with Crippen molar-refractivity contribution < 1.29 is 4.42 Å². The molecule has 18 heavy (non-hydrogen) atoms. The maximum Gasteiger partial charge on any atom is 0.262 e. The Labute approximate surface area is 107 Å². The summed E-state index contributed by atoms with van der Waals surface area (Å²) < 4.78 is 7.13. The summed E-state index contributed by atoms with van der Waals surface area (Å²) in [4.78, 5) is 15.4. The Bertz CT molecular complexity index is 800. The summed E-state index contributed by atoms with van der Waals surface area (Å²) in [6.07, 6.45) is 1.58. The van der Waals surface area contributed by atoms with E-state index < -0.39 is 0 Å². The van der Waals surface area contributed by atoms with Gasteiger partial charge in [-0.2, -0.15) is 0 Å². The van der Waals surface area contributed by atoms with Crippen LogP contribution < -0.4 is 5.56 Å². The van der Waals surface area contributed by atoms with Gasteiger partial charge in [-0.15, -0.1) is 0 Å². The number of aromatic nitrogens is 2. The summed E-state index contributed by atoms with van der Waals surface area (Å²) in [6.45, 7) is 0.339. The number of H-pyrrole nitrogens is 1. The first-order valence-corrected chi connectivity index (χ1v) is 5.91. The summed E-state index contributed by atoms with van der Waals surface area (Å²) in [6, 6.07) is 10.9. The van der Waals surface area contributed by atoms with E-state index in [9.17, 15) is 4.79 Å². The van der Waals surface area contributed by atoms with Crippen LogP contribution in [-0.2, 0) is 6.54 Å². The minimum absolute atomic E-state index is 0.106. The molecule has 0 aliphatic heterocycles. The van der Waals surface area contributed by atoms with Crippen LogP contribution in [0, 0.1) is 4.77 Å². The van der Waals surface area contributed by atoms with E-state index >= 15 is 0 Å². The van der Waals surface area contributed by atoms with Gasteiger partial charge in [0.2, 0.25) is 0 Å². The molecule has 0 radical (unpaired) electrons. The first-order valence-electron chi connectivity index (χ1n) is 5.50. The van der Waals surface area contributed by atoms with Gasteiger partial charge in [-0.05, 0) is 36.5 Å². The molecule has 90 valence electrons. The monoisotopic (exact) mass is 258 g/mol. The lowest BCUT2D eigenvalue weighted by molar-refractivity contribution is 0.487. The summed E-state index contributed by atoms with van der Waals surface area (Å²) in [7, 11) is 0. The summed E-state index contributed by atoms with van der Waals surface area (Å²) in [5.74, 6) is 0.701. The minimum atomic E-state index is -0.106. The van der Waals surface area contributed by atoms with Gasteiger partial charge in [0.25, 0.3) is 5.56 Å². The zero-order valence-electron chi connectivity index (χ0n) is 9.42. The van der Waals surface area contributed by atoms with Gasteiger partial charge in [-0.3, -0.25) is 9.36 Å². The van der Waals surface area contributed by atoms with Gasteiger partial charge >= 0.3 is 0 Å². The molecule has 2 heterocycles. The molecule has 1 N–H and O–H groups in total. The Kier molecular flexibility index (Phi) is 2.60. The number of nitrogens with one attached hydrogen (secondary N) is 1. The van der Waals surface area contributed by atoms with Crippen LogP contribution in [0.2, 0.25) is 0 Å². The zero-order valence-corrected chi connectivity index (χ0v) is 10.2. The molecule has 1 aromatic carbocycles. The van der Waals surface area contributed by atoms with E-state index in [1.807, 2.05) is 24.3 Å². The fourth-order valence-corrected chi connectivity index (χ4v) is 2.16. The predicted molar refractivity (Wildman–Crippen MR) is 71.2 cm³/mol. The van der Waals surface area contributed by atoms with E-state index in [4.69, 9.17) is 16.6 Å². The van der Waals surface area contributed by atoms with Crippen LogP contribution in [-0.4, -0.2) is 9.55 Å². The molecular formula is C13H10N2O2S. The first-order chi connectivity index (χ1) is 8.75. The van der Waals surface area contributed by atoms with Gasteiger partial charge in [-0.1, -0.05) is 12.1 Å². The van der Waals surface area contributed by atoms with Crippen molar-refractivity contribution in [1.29, 1.82) is 0 Å². The number of nitrogens with zero attached hydrogens (tertiary/aromatic N) is 1. The number of aromatic amines is 1. The molecule has 0 aliphatic rings. The molecule has 0 bridgehead atoms. The van der Waals surface area contributed by atoms with E-state index in [0.717, 1.165) is 5.52 Å². The lowest BCUT2D eigenvalue weighted by Gasteiger charge is -2.06. The molecular weight excluding hydrogens is 248 g/mol. The van der Waals surface area contributed by atoms with Crippen LogP contribution in [0.3, 0.4) is 0 Å². The fourth-order valence-electron chi connectivity index (χ4n) is 1.90. The second-order valence-electron chi connectivity index (χ2n) is 3.95. The van der Waals surface area contributed by atoms with E-state index in [1.165, 1.54) is 4.57 Å². The standard InChI is InChI=1S/C13H10N2O2S/c16-12-10-5-1-2-6-11(10)14-13(18)15(12)8-9-4-3-7-17-9/h1-7H,8H2,(H,14,18). The number of rotatable bonds is 2. The summed E-state index contributed by atoms with van der Waals surface area (Å²) in [5.41, 5.74) is 0.647. The third kappa shape index (κ3) is 1.78. The average molecular weight is 258 g/mol. The Morgan fingerprint density at radius 2 is 2.06 bits per heavy atom. The van der Waals surface area contributed by atoms with Crippen LogP contribution in [0.15, 0.2) is 51.9 Å². The molecule has 2 aromatic heterocycles. The van der Waals surface area contributed by atoms with E-state index in [2.05, 4.69) is 4.98 Å². The molecule has 0 amide bonds. The first kappa shape index (κ1) is 11.0. The lowest BCUT2D eigenvalue weighted by Crippen LogP contribution is -2.22. The summed E-state index contributed by atoms with van der Waals surface area (Å²) >= 11 is 5.21. The molecule has 3 aromatic rings. The predicted octanol–water partition coefficient (Wildman–Crippen LogP) is 2.70. The number of furan rings is 1. The normalized spacial score (nSPS) is 10.9. The quantitative estimate of drug-likeness (QED) is 0.719. The number of hydrogen-bond donors (Lipinski definition) is 1. The van der Waals surface area contributed by atoms with E-state index in [-0.39, 0.29) is 5.56 Å². The largest absolute Gasteiger partial charge is 0.467 e. The number of para-hydroxylation sites is 1. The van der Waals surface area contributed by atoms with Gasteiger partial charge in [-0.25, -0.2) is 0 Å². The molecule has 0 fully saturated rings. The SMILES string of the molecule is O=c1c2ccccc2[nH]c(=S)n1Cc1ccco1. The highest BCUT2D eigenvalue weighted by Crippen LogP contribution is 2.08. The molecule has 0 unspecified atom stereocenters. The smallest absolute Gasteiger partial charge is 0.262 e. The van der Waals surface area contributed by atoms with Crippen molar-refractivity contribution in [2.75, 3.05) is 0 Å². The molecule has 3 rings (SSSR count). The van der Waals surface area contributed by atoms with Crippen LogP contribution in [0.4, 0.5) is 0 Å². The third-order valence-corrected chi connectivity index (χ3v) is 3.11. The maximum absolute atomic E-state index is 12.3. The van der Waals surface area contributed by atoms with Crippen molar-refractivity contribution >= 4 is 23.1 Å². The number of hydrogen-bond acceptors (Lipinski definition) is 3. The highest BCUT2D eigenvalue weighted by molar-refractivity contribution is 7.71. The highest BCUT2D eigenvalue weighted by Gasteiger charge is 2.06. The minimum Gasteiger partial charge on any atom is -0.467 e. The van der Waals surface area contributed by atoms with Crippen LogP contribution >= 0.6 is 12.2 Å². The topological polar surface area (TPSA) is 50.9 Å². The molecule has 0 saturated heterocycles. The number of fused-ring (bicyclic) bond motifs is 1. The van der Waals surface area contributed by atoms with Gasteiger partial charge < -0.3 is 9.40 Å². The van der Waals surface area contributed by atoms with E-state index in [1.54, 1.807) is 18.4 Å². The number of benzene rings is 1. The van der Waals surface area contributed by atoms with Crippen molar-refractivity contribution in [2.45, 2.75) is 6.54 Å². The molecule has 0 aliphatic carbocycles. The van der Waals surface area contributed by atoms with Crippen LogP contribution in [0.25, 0.3) is 10.9 Å². The second kappa shape index (κ2) is 4.27. The van der Waals surface area contributed by atoms with Crippen molar-refractivity contribution in [2.24, 2.45) is 0 Å². The second-order valence-corrected chi connectivity index (χ2v) is 4.33. The Morgan fingerprint density at radius 1 is 1.22 bits per heavy atom. The van der Waals surface area contributed by atoms with Crippen LogP contribution in [0.1, 0.15) is 5.76 Å². The van der Waals surface area contributed by atoms with Crippen molar-refractivity contribution in [1.82, 2.24) is 9.55 Å². The highest BCUT2D eigenvalue weighted by atomic mass is 32.1. The van der Waals surface area contributed by atoms with E-state index in [0.29, 0.717) is 22.5 Å². The van der Waals surface area contributed by atoms with Gasteiger partial charge in [0, 0.05) is 0 Å². The maximum atomic E-state index is 12.3. The molecule has 4 nitrogen and oxygen atoms in total. The Hall–Kier alpha value is -2.14. The molecule has 5 heteroatoms. The summed E-state index contributed by atoms with van der Waals surface area (Å²) in [5, 5.41) is 0.623. The third-order valence-electron chi connectivity index (χ3n) is 2.78. The van der Waals surface area contributed by atoms with Crippen molar-refractivity contribution in [3.8, 4) is 0 Å². The van der Waals surface area contributed by atoms with Gasteiger partial charge in [0.05, 0.1) is 23.7 Å². The van der Waals surface area contributed by atoms with Gasteiger partial charge in [0.1, 0.15) is 5.76 Å². The molecule has 0 spiro atoms. The van der Waals surface area contributed by atoms with Crippen LogP contribution in [0.5, 0.6) is 0 Å². The molecule has 0 saturated carbocycles.